The third-order valence-electron chi connectivity index (χ3n) is 9.90. The summed E-state index contributed by atoms with van der Waals surface area (Å²) in [6.45, 7) is 5.18. The molecule has 0 saturated heterocycles. The molecule has 0 radical (unpaired) electrons. The van der Waals surface area contributed by atoms with E-state index in [1.807, 2.05) is 26.8 Å². The number of esters is 1. The molecule has 0 spiro atoms. The highest BCUT2D eigenvalue weighted by Crippen LogP contribution is 2.49. The van der Waals surface area contributed by atoms with Gasteiger partial charge in [0, 0.05) is 17.7 Å². The zero-order valence-electron chi connectivity index (χ0n) is 29.0. The van der Waals surface area contributed by atoms with E-state index in [1.165, 1.54) is 23.6 Å². The van der Waals surface area contributed by atoms with Crippen LogP contribution in [0.3, 0.4) is 0 Å². The second-order valence-electron chi connectivity index (χ2n) is 15.5. The van der Waals surface area contributed by atoms with Crippen molar-refractivity contribution in [3.05, 3.63) is 83.2 Å². The zero-order chi connectivity index (χ0) is 36.3. The van der Waals surface area contributed by atoms with Crippen molar-refractivity contribution in [1.29, 1.82) is 0 Å². The van der Waals surface area contributed by atoms with Crippen molar-refractivity contribution in [2.45, 2.75) is 90.3 Å². The second kappa shape index (κ2) is 12.8. The number of alkyl halides is 2. The summed E-state index contributed by atoms with van der Waals surface area (Å²) < 4.78 is 34.6. The maximum atomic E-state index is 15.0. The number of nitrogens with zero attached hydrogens (tertiary/aromatic N) is 7. The average Bonchev–Trinajstić information content (AvgIpc) is 3.89. The summed E-state index contributed by atoms with van der Waals surface area (Å²) in [5.41, 5.74) is 7.81. The predicted octanol–water partition coefficient (Wildman–Crippen LogP) is 7.32. The monoisotopic (exact) mass is 718 g/mol. The molecule has 2 fully saturated rings. The maximum absolute atomic E-state index is 15.0. The van der Waals surface area contributed by atoms with Gasteiger partial charge < -0.3 is 10.5 Å². The number of carbonyl (C=O) groups excluding carboxylic acids is 2. The summed E-state index contributed by atoms with van der Waals surface area (Å²) in [4.78, 5) is 38.9. The van der Waals surface area contributed by atoms with Gasteiger partial charge in [-0.1, -0.05) is 69.6 Å². The molecule has 11 nitrogen and oxygen atoms in total. The lowest BCUT2D eigenvalue weighted by Gasteiger charge is -2.35. The summed E-state index contributed by atoms with van der Waals surface area (Å²) in [6, 6.07) is 11.6. The van der Waals surface area contributed by atoms with E-state index in [4.69, 9.17) is 27.1 Å². The minimum Gasteiger partial charge on any atom is -0.463 e. The first kappa shape index (κ1) is 34.8. The molecule has 3 aliphatic rings. The predicted molar refractivity (Wildman–Crippen MR) is 187 cm³/mol. The molecule has 0 unspecified atom stereocenters. The van der Waals surface area contributed by atoms with E-state index in [1.54, 1.807) is 41.1 Å². The summed E-state index contributed by atoms with van der Waals surface area (Å²) in [6.07, 6.45) is 8.67. The quantitative estimate of drug-likeness (QED) is 0.152. The van der Waals surface area contributed by atoms with Crippen LogP contribution in [-0.4, -0.2) is 53.9 Å². The van der Waals surface area contributed by atoms with Gasteiger partial charge in [0.15, 0.2) is 11.5 Å². The third kappa shape index (κ3) is 7.00. The average molecular weight is 719 g/mol. The van der Waals surface area contributed by atoms with Crippen LogP contribution in [-0.2, 0) is 19.9 Å². The van der Waals surface area contributed by atoms with Gasteiger partial charge in [0.05, 0.1) is 29.4 Å². The number of aliphatic imine (C=N–C) groups is 1. The molecule has 2 atom stereocenters. The van der Waals surface area contributed by atoms with E-state index < -0.39 is 18.1 Å². The van der Waals surface area contributed by atoms with Crippen molar-refractivity contribution in [2.75, 3.05) is 6.61 Å². The number of carbonyl (C=O) groups is 2. The molecule has 2 N–H and O–H groups in total. The largest absolute Gasteiger partial charge is 0.463 e. The first-order valence-electron chi connectivity index (χ1n) is 17.1. The summed E-state index contributed by atoms with van der Waals surface area (Å²) >= 11 is 6.74. The van der Waals surface area contributed by atoms with Gasteiger partial charge in [-0.2, -0.15) is 19.0 Å². The van der Waals surface area contributed by atoms with Crippen LogP contribution in [0.15, 0.2) is 66.2 Å². The Bertz CT molecular complexity index is 1990. The minimum absolute atomic E-state index is 0.0161. The third-order valence-corrected chi connectivity index (χ3v) is 10.2. The fourth-order valence-corrected chi connectivity index (χ4v) is 7.04. The molecule has 4 aromatic rings. The number of hydrogen-bond donors (Lipinski definition) is 1. The number of halogens is 3. The van der Waals surface area contributed by atoms with Crippen LogP contribution >= 0.6 is 11.6 Å². The van der Waals surface area contributed by atoms with Crippen LogP contribution in [0.25, 0.3) is 16.8 Å². The highest BCUT2D eigenvalue weighted by atomic mass is 35.5. The minimum atomic E-state index is -2.76. The smallest absolute Gasteiger partial charge is 0.333 e. The Balaban J connectivity index is 1.27. The van der Waals surface area contributed by atoms with E-state index in [9.17, 15) is 13.6 Å². The van der Waals surface area contributed by atoms with Crippen LogP contribution < -0.4 is 5.73 Å². The normalized spacial score (nSPS) is 20.5. The molecule has 2 saturated carbocycles. The molecule has 3 heterocycles. The van der Waals surface area contributed by atoms with Gasteiger partial charge >= 0.3 is 12.5 Å². The summed E-state index contributed by atoms with van der Waals surface area (Å²) in [5.74, 6) is 0.357. The Morgan fingerprint density at radius 2 is 1.82 bits per heavy atom. The molecule has 1 amide bonds. The van der Waals surface area contributed by atoms with Gasteiger partial charge in [-0.3, -0.25) is 14.5 Å². The Morgan fingerprint density at radius 3 is 2.45 bits per heavy atom. The van der Waals surface area contributed by atoms with Crippen LogP contribution in [0.4, 0.5) is 8.78 Å². The number of amides is 1. The Morgan fingerprint density at radius 1 is 1.10 bits per heavy atom. The summed E-state index contributed by atoms with van der Waals surface area (Å²) in [5, 5.41) is 8.65. The zero-order valence-corrected chi connectivity index (χ0v) is 29.8. The van der Waals surface area contributed by atoms with Crippen LogP contribution in [0.1, 0.15) is 102 Å². The van der Waals surface area contributed by atoms with Crippen LogP contribution in [0, 0.1) is 10.8 Å². The molecule has 2 aromatic carbocycles. The molecule has 2 aromatic heterocycles. The lowest BCUT2D eigenvalue weighted by atomic mass is 9.75. The molecule has 268 valence electrons. The van der Waals surface area contributed by atoms with Crippen molar-refractivity contribution in [2.24, 2.45) is 21.6 Å². The van der Waals surface area contributed by atoms with Gasteiger partial charge in [-0.15, -0.1) is 0 Å². The van der Waals surface area contributed by atoms with Gasteiger partial charge in [0.25, 0.3) is 5.91 Å². The standard InChI is InChI=1S/C37H41ClF2N8O3/c1-35(2,3)20-37(26-10-7-22(8-11-26)25-17-43-46(18-25)33(39)40)32(50)47(34(41)45-37)29(19-51-30(49)16-36(4)13-14-36)24-9-12-27(38)28(15-24)48-31(23-5-6-23)42-21-44-48/h7-12,15,17-18,21,23,29,33H,5-6,13-14,16,19-20H2,1-4H3,(H2,41,45)/t29-,37-/m1/s1. The first-order valence-corrected chi connectivity index (χ1v) is 17.5. The number of rotatable bonds is 12. The van der Waals surface area contributed by atoms with Crippen molar-refractivity contribution >= 4 is 29.4 Å². The number of ether oxygens (including phenoxy) is 1. The topological polar surface area (TPSA) is 134 Å². The Labute approximate surface area is 299 Å². The highest BCUT2D eigenvalue weighted by Gasteiger charge is 2.53. The molecule has 1 aliphatic heterocycles. The van der Waals surface area contributed by atoms with Gasteiger partial charge in [0.1, 0.15) is 18.8 Å². The first-order chi connectivity index (χ1) is 24.2. The van der Waals surface area contributed by atoms with E-state index in [-0.39, 0.29) is 41.7 Å². The molecule has 7 rings (SSSR count). The lowest BCUT2D eigenvalue weighted by Crippen LogP contribution is -2.47. The van der Waals surface area contributed by atoms with E-state index in [0.29, 0.717) is 50.0 Å². The molecular weight excluding hydrogens is 678 g/mol. The number of benzene rings is 2. The van der Waals surface area contributed by atoms with Crippen molar-refractivity contribution in [3.8, 4) is 16.8 Å². The number of hydrogen-bond acceptors (Lipinski definition) is 8. The van der Waals surface area contributed by atoms with E-state index in [0.717, 1.165) is 31.5 Å². The van der Waals surface area contributed by atoms with E-state index >= 15 is 4.79 Å². The Kier molecular flexibility index (Phi) is 8.76. The maximum Gasteiger partial charge on any atom is 0.333 e. The lowest BCUT2D eigenvalue weighted by molar-refractivity contribution is -0.148. The molecule has 2 aliphatic carbocycles. The highest BCUT2D eigenvalue weighted by molar-refractivity contribution is 6.32. The fourth-order valence-electron chi connectivity index (χ4n) is 6.84. The van der Waals surface area contributed by atoms with Gasteiger partial charge in [0.2, 0.25) is 0 Å². The fraction of sp³-hybridized carbons (Fsp3) is 0.459. The molecule has 0 bridgehead atoms. The SMILES string of the molecule is CC(C)(C)C[C@]1(c2ccc(-c3cnn(C(F)F)c3)cc2)N=C(N)N([C@H](COC(=O)CC2(C)CC2)c2ccc(Cl)c(-n3ncnc3C3CC3)c2)C1=O. The number of aromatic nitrogens is 5. The molecule has 51 heavy (non-hydrogen) atoms. The molecular formula is C37H41ClF2N8O3. The van der Waals surface area contributed by atoms with Crippen molar-refractivity contribution in [1.82, 2.24) is 29.4 Å². The van der Waals surface area contributed by atoms with Crippen molar-refractivity contribution in [3.63, 3.8) is 0 Å². The van der Waals surface area contributed by atoms with Gasteiger partial charge in [-0.05, 0) is 71.8 Å². The number of guanidine groups is 1. The van der Waals surface area contributed by atoms with E-state index in [2.05, 4.69) is 22.1 Å². The van der Waals surface area contributed by atoms with Gasteiger partial charge in [-0.25, -0.2) is 19.3 Å². The Hall–Kier alpha value is -4.65. The summed E-state index contributed by atoms with van der Waals surface area (Å²) in [7, 11) is 0. The molecule has 14 heteroatoms. The number of nitrogens with two attached hydrogens (primary N) is 1. The second-order valence-corrected chi connectivity index (χ2v) is 15.9. The van der Waals surface area contributed by atoms with Crippen LogP contribution in [0.5, 0.6) is 0 Å². The van der Waals surface area contributed by atoms with Crippen LogP contribution in [0.2, 0.25) is 5.02 Å². The van der Waals surface area contributed by atoms with Crippen molar-refractivity contribution < 1.29 is 23.1 Å².